The molecule has 2 N–H and O–H groups in total. The number of hydrogen-bond acceptors (Lipinski definition) is 5. The number of piperidine rings is 1. The van der Waals surface area contributed by atoms with Crippen molar-refractivity contribution in [2.45, 2.75) is 63.5 Å². The van der Waals surface area contributed by atoms with Crippen molar-refractivity contribution >= 4 is 0 Å². The van der Waals surface area contributed by atoms with Crippen molar-refractivity contribution in [2.75, 3.05) is 13.1 Å². The molecule has 19 heavy (non-hydrogen) atoms. The van der Waals surface area contributed by atoms with Gasteiger partial charge in [0.15, 0.2) is 5.82 Å². The first-order valence-electron chi connectivity index (χ1n) is 7.29. The van der Waals surface area contributed by atoms with Crippen LogP contribution in [0, 0.1) is 0 Å². The Morgan fingerprint density at radius 3 is 2.79 bits per heavy atom. The summed E-state index contributed by atoms with van der Waals surface area (Å²) >= 11 is 0. The second kappa shape index (κ2) is 4.28. The Kier molecular flexibility index (Phi) is 2.94. The summed E-state index contributed by atoms with van der Waals surface area (Å²) in [5.74, 6) is 1.38. The monoisotopic (exact) mass is 264 g/mol. The van der Waals surface area contributed by atoms with Crippen LogP contribution in [-0.4, -0.2) is 34.2 Å². The highest BCUT2D eigenvalue weighted by Crippen LogP contribution is 2.39. The molecule has 0 spiro atoms. The minimum Gasteiger partial charge on any atom is -0.339 e. The van der Waals surface area contributed by atoms with Crippen LogP contribution in [0.1, 0.15) is 58.2 Å². The maximum absolute atomic E-state index is 6.66. The minimum atomic E-state index is -0.423. The fraction of sp³-hybridized carbons (Fsp3) is 0.857. The Morgan fingerprint density at radius 1 is 1.32 bits per heavy atom. The molecule has 0 saturated carbocycles. The summed E-state index contributed by atoms with van der Waals surface area (Å²) in [5, 5.41) is 4.19. The van der Waals surface area contributed by atoms with E-state index in [1.54, 1.807) is 0 Å². The summed E-state index contributed by atoms with van der Waals surface area (Å²) in [6.07, 6.45) is 4.62. The molecule has 0 amide bonds. The van der Waals surface area contributed by atoms with E-state index in [0.29, 0.717) is 17.8 Å². The molecule has 1 aromatic rings. The maximum atomic E-state index is 6.66. The SMILES string of the molecule is CC(C)(C)c1nc(C2(N)CCN3CCCCC32)no1. The highest BCUT2D eigenvalue weighted by atomic mass is 16.5. The van der Waals surface area contributed by atoms with Gasteiger partial charge in [-0.15, -0.1) is 0 Å². The molecule has 2 atom stereocenters. The molecule has 0 radical (unpaired) electrons. The molecule has 2 unspecified atom stereocenters. The number of fused-ring (bicyclic) bond motifs is 1. The molecule has 5 nitrogen and oxygen atoms in total. The van der Waals surface area contributed by atoms with E-state index >= 15 is 0 Å². The topological polar surface area (TPSA) is 68.2 Å². The predicted octanol–water partition coefficient (Wildman–Crippen LogP) is 1.78. The van der Waals surface area contributed by atoms with Gasteiger partial charge in [0.05, 0.1) is 5.54 Å². The Labute approximate surface area is 114 Å². The lowest BCUT2D eigenvalue weighted by atomic mass is 9.85. The van der Waals surface area contributed by atoms with Gasteiger partial charge in [-0.1, -0.05) is 32.3 Å². The Balaban J connectivity index is 1.90. The molecule has 106 valence electrons. The second-order valence-corrected chi connectivity index (χ2v) is 7.01. The standard InChI is InChI=1S/C14H24N4O/c1-13(2,3)12-16-11(17-19-12)14(15)7-9-18-8-5-4-6-10(14)18/h10H,4-9,15H2,1-3H3. The van der Waals surface area contributed by atoms with Gasteiger partial charge in [0.1, 0.15) is 0 Å². The van der Waals surface area contributed by atoms with Crippen molar-refractivity contribution in [2.24, 2.45) is 5.73 Å². The van der Waals surface area contributed by atoms with Crippen LogP contribution in [0.3, 0.4) is 0 Å². The molecule has 0 aliphatic carbocycles. The number of rotatable bonds is 1. The van der Waals surface area contributed by atoms with Gasteiger partial charge >= 0.3 is 0 Å². The fourth-order valence-corrected chi connectivity index (χ4v) is 3.32. The van der Waals surface area contributed by atoms with Crippen LogP contribution in [-0.2, 0) is 11.0 Å². The molecule has 0 bridgehead atoms. The van der Waals surface area contributed by atoms with Crippen molar-refractivity contribution in [1.29, 1.82) is 0 Å². The zero-order valence-corrected chi connectivity index (χ0v) is 12.1. The Bertz CT molecular complexity index is 464. The third-order valence-corrected chi connectivity index (χ3v) is 4.50. The fourth-order valence-electron chi connectivity index (χ4n) is 3.32. The normalized spacial score (nSPS) is 32.5. The Morgan fingerprint density at radius 2 is 2.11 bits per heavy atom. The van der Waals surface area contributed by atoms with E-state index < -0.39 is 5.54 Å². The molecular formula is C14H24N4O. The first-order valence-corrected chi connectivity index (χ1v) is 7.29. The molecule has 0 aromatic carbocycles. The minimum absolute atomic E-state index is 0.119. The van der Waals surface area contributed by atoms with Gasteiger partial charge in [-0.25, -0.2) is 0 Å². The van der Waals surface area contributed by atoms with Gasteiger partial charge in [0, 0.05) is 18.0 Å². The molecule has 2 fully saturated rings. The van der Waals surface area contributed by atoms with Crippen molar-refractivity contribution in [3.63, 3.8) is 0 Å². The lowest BCUT2D eigenvalue weighted by molar-refractivity contribution is 0.151. The van der Waals surface area contributed by atoms with E-state index in [-0.39, 0.29) is 5.41 Å². The summed E-state index contributed by atoms with van der Waals surface area (Å²) in [4.78, 5) is 7.09. The highest BCUT2D eigenvalue weighted by molar-refractivity contribution is 5.16. The lowest BCUT2D eigenvalue weighted by Gasteiger charge is -2.36. The molecule has 3 rings (SSSR count). The van der Waals surface area contributed by atoms with Crippen molar-refractivity contribution in [3.05, 3.63) is 11.7 Å². The van der Waals surface area contributed by atoms with Gasteiger partial charge < -0.3 is 10.3 Å². The summed E-state index contributed by atoms with van der Waals surface area (Å²) < 4.78 is 5.43. The van der Waals surface area contributed by atoms with Crippen LogP contribution in [0.25, 0.3) is 0 Å². The van der Waals surface area contributed by atoms with Crippen molar-refractivity contribution < 1.29 is 4.52 Å². The van der Waals surface area contributed by atoms with E-state index in [0.717, 1.165) is 25.9 Å². The van der Waals surface area contributed by atoms with Crippen LogP contribution in [0.4, 0.5) is 0 Å². The van der Waals surface area contributed by atoms with Gasteiger partial charge in [0.2, 0.25) is 5.89 Å². The van der Waals surface area contributed by atoms with Gasteiger partial charge in [-0.05, 0) is 25.8 Å². The molecule has 2 saturated heterocycles. The zero-order valence-electron chi connectivity index (χ0n) is 12.1. The maximum Gasteiger partial charge on any atom is 0.232 e. The molecule has 2 aliphatic rings. The van der Waals surface area contributed by atoms with E-state index in [4.69, 9.17) is 10.3 Å². The predicted molar refractivity (Wildman–Crippen MR) is 72.7 cm³/mol. The summed E-state index contributed by atoms with van der Waals surface area (Å²) in [5.41, 5.74) is 6.12. The van der Waals surface area contributed by atoms with Crippen LogP contribution < -0.4 is 5.73 Å². The molecule has 1 aromatic heterocycles. The molecule has 3 heterocycles. The van der Waals surface area contributed by atoms with Crippen LogP contribution in [0.2, 0.25) is 0 Å². The van der Waals surface area contributed by atoms with Crippen molar-refractivity contribution in [1.82, 2.24) is 15.0 Å². The average Bonchev–Trinajstić information content (AvgIpc) is 2.96. The number of aromatic nitrogens is 2. The molecule has 5 heteroatoms. The third-order valence-electron chi connectivity index (χ3n) is 4.50. The summed E-state index contributed by atoms with van der Waals surface area (Å²) in [6.45, 7) is 8.45. The smallest absolute Gasteiger partial charge is 0.232 e. The largest absolute Gasteiger partial charge is 0.339 e. The highest BCUT2D eigenvalue weighted by Gasteiger charge is 2.49. The summed E-state index contributed by atoms with van der Waals surface area (Å²) in [6, 6.07) is 0.381. The van der Waals surface area contributed by atoms with E-state index in [9.17, 15) is 0 Å². The Hall–Kier alpha value is -0.940. The second-order valence-electron chi connectivity index (χ2n) is 7.01. The zero-order chi connectivity index (χ0) is 13.7. The van der Waals surface area contributed by atoms with Gasteiger partial charge in [0.25, 0.3) is 0 Å². The van der Waals surface area contributed by atoms with E-state index in [1.165, 1.54) is 12.8 Å². The number of hydrogen-bond donors (Lipinski definition) is 1. The average molecular weight is 264 g/mol. The number of nitrogens with two attached hydrogens (primary N) is 1. The lowest BCUT2D eigenvalue weighted by Crippen LogP contribution is -2.51. The van der Waals surface area contributed by atoms with Crippen LogP contribution >= 0.6 is 0 Å². The summed E-state index contributed by atoms with van der Waals surface area (Å²) in [7, 11) is 0. The molecular weight excluding hydrogens is 240 g/mol. The van der Waals surface area contributed by atoms with Crippen molar-refractivity contribution in [3.8, 4) is 0 Å². The first-order chi connectivity index (χ1) is 8.91. The van der Waals surface area contributed by atoms with E-state index in [1.807, 2.05) is 0 Å². The quantitative estimate of drug-likeness (QED) is 0.837. The third kappa shape index (κ3) is 2.09. The van der Waals surface area contributed by atoms with Crippen LogP contribution in [0.5, 0.6) is 0 Å². The van der Waals surface area contributed by atoms with Crippen LogP contribution in [0.15, 0.2) is 4.52 Å². The molecule has 2 aliphatic heterocycles. The van der Waals surface area contributed by atoms with E-state index in [2.05, 4.69) is 35.8 Å². The first kappa shape index (κ1) is 13.1. The van der Waals surface area contributed by atoms with Gasteiger partial charge in [-0.3, -0.25) is 4.90 Å². The number of nitrogens with zero attached hydrogens (tertiary/aromatic N) is 3. The van der Waals surface area contributed by atoms with Gasteiger partial charge in [-0.2, -0.15) is 4.98 Å².